The number of carbonyl (C=O) groups excluding carboxylic acids is 1. The van der Waals surface area contributed by atoms with Gasteiger partial charge in [0.2, 0.25) is 15.9 Å². The summed E-state index contributed by atoms with van der Waals surface area (Å²) < 4.78 is 66.1. The summed E-state index contributed by atoms with van der Waals surface area (Å²) in [5.41, 5.74) is 5.24. The van der Waals surface area contributed by atoms with Crippen LogP contribution in [0.1, 0.15) is 19.3 Å². The number of sulfonamides is 1. The van der Waals surface area contributed by atoms with Gasteiger partial charge in [0.15, 0.2) is 0 Å². The summed E-state index contributed by atoms with van der Waals surface area (Å²) in [5.74, 6) is -1.27. The SMILES string of the molecule is NC(=O)[C@@H]1CCCCN1S(=O)(=O)c1ccc(OC(F)(F)F)cc1. The Balaban J connectivity index is 2.26. The van der Waals surface area contributed by atoms with E-state index in [0.717, 1.165) is 28.6 Å². The summed E-state index contributed by atoms with van der Waals surface area (Å²) >= 11 is 0. The molecule has 2 N–H and O–H groups in total. The zero-order valence-corrected chi connectivity index (χ0v) is 12.7. The van der Waals surface area contributed by atoms with E-state index < -0.39 is 34.1 Å². The third kappa shape index (κ3) is 4.14. The molecule has 6 nitrogen and oxygen atoms in total. The number of carbonyl (C=O) groups is 1. The van der Waals surface area contributed by atoms with Crippen molar-refractivity contribution in [3.63, 3.8) is 0 Å². The third-order valence-electron chi connectivity index (χ3n) is 3.45. The van der Waals surface area contributed by atoms with Gasteiger partial charge in [-0.2, -0.15) is 4.31 Å². The molecule has 0 bridgehead atoms. The quantitative estimate of drug-likeness (QED) is 0.891. The predicted molar refractivity (Wildman–Crippen MR) is 73.9 cm³/mol. The molecule has 1 aliphatic rings. The lowest BCUT2D eigenvalue weighted by Gasteiger charge is -2.32. The Hall–Kier alpha value is -1.81. The van der Waals surface area contributed by atoms with E-state index >= 15 is 0 Å². The van der Waals surface area contributed by atoms with Gasteiger partial charge in [-0.15, -0.1) is 13.2 Å². The van der Waals surface area contributed by atoms with Crippen LogP contribution in [0.15, 0.2) is 29.2 Å². The molecule has 0 aromatic heterocycles. The van der Waals surface area contributed by atoms with Crippen LogP contribution in [0.25, 0.3) is 0 Å². The molecular weight excluding hydrogens is 337 g/mol. The first-order chi connectivity index (χ1) is 10.6. The lowest BCUT2D eigenvalue weighted by Crippen LogP contribution is -2.50. The number of ether oxygens (including phenoxy) is 1. The molecule has 0 unspecified atom stereocenters. The van der Waals surface area contributed by atoms with Crippen molar-refractivity contribution in [2.75, 3.05) is 6.54 Å². The van der Waals surface area contributed by atoms with Gasteiger partial charge in [-0.3, -0.25) is 4.79 Å². The van der Waals surface area contributed by atoms with Crippen molar-refractivity contribution in [1.29, 1.82) is 0 Å². The molecule has 1 fully saturated rings. The summed E-state index contributed by atoms with van der Waals surface area (Å²) in [7, 11) is -4.02. The number of nitrogens with zero attached hydrogens (tertiary/aromatic N) is 1. The van der Waals surface area contributed by atoms with Gasteiger partial charge in [0.05, 0.1) is 4.90 Å². The molecule has 1 amide bonds. The van der Waals surface area contributed by atoms with Crippen LogP contribution < -0.4 is 10.5 Å². The Bertz CT molecular complexity index is 673. The second-order valence-corrected chi connectivity index (χ2v) is 6.94. The molecule has 1 atom stereocenters. The molecule has 10 heteroatoms. The molecule has 1 aromatic carbocycles. The molecule has 23 heavy (non-hydrogen) atoms. The van der Waals surface area contributed by atoms with Gasteiger partial charge in [-0.05, 0) is 37.1 Å². The molecule has 0 saturated carbocycles. The summed E-state index contributed by atoms with van der Waals surface area (Å²) in [6.07, 6.45) is -3.27. The Morgan fingerprint density at radius 2 is 1.83 bits per heavy atom. The molecule has 1 aromatic rings. The van der Waals surface area contributed by atoms with Crippen LogP contribution in [0.2, 0.25) is 0 Å². The van der Waals surface area contributed by atoms with Crippen molar-refractivity contribution in [3.05, 3.63) is 24.3 Å². The van der Waals surface area contributed by atoms with E-state index in [0.29, 0.717) is 19.3 Å². The van der Waals surface area contributed by atoms with Crippen molar-refractivity contribution < 1.29 is 31.1 Å². The normalized spacial score (nSPS) is 20.2. The fourth-order valence-corrected chi connectivity index (χ4v) is 4.09. The highest BCUT2D eigenvalue weighted by Gasteiger charge is 2.37. The summed E-state index contributed by atoms with van der Waals surface area (Å²) in [4.78, 5) is 11.2. The Kier molecular flexibility index (Phi) is 4.85. The summed E-state index contributed by atoms with van der Waals surface area (Å²) in [6, 6.07) is 2.87. The second kappa shape index (κ2) is 6.36. The van der Waals surface area contributed by atoms with Gasteiger partial charge >= 0.3 is 6.36 Å². The van der Waals surface area contributed by atoms with Crippen LogP contribution in [0.3, 0.4) is 0 Å². The fourth-order valence-electron chi connectivity index (χ4n) is 2.43. The maximum Gasteiger partial charge on any atom is 0.573 e. The number of hydrogen-bond acceptors (Lipinski definition) is 4. The second-order valence-electron chi connectivity index (χ2n) is 5.05. The van der Waals surface area contributed by atoms with E-state index in [1.165, 1.54) is 0 Å². The standard InChI is InChI=1S/C13H15F3N2O4S/c14-13(15,16)22-9-4-6-10(7-5-9)23(20,21)18-8-2-1-3-11(18)12(17)19/h4-7,11H,1-3,8H2,(H2,17,19)/t11-/m0/s1. The number of halogens is 3. The smallest absolute Gasteiger partial charge is 0.406 e. The molecule has 0 aliphatic carbocycles. The lowest BCUT2D eigenvalue weighted by molar-refractivity contribution is -0.274. The minimum atomic E-state index is -4.86. The van der Waals surface area contributed by atoms with Gasteiger partial charge in [0.1, 0.15) is 11.8 Å². The Morgan fingerprint density at radius 3 is 2.35 bits per heavy atom. The topological polar surface area (TPSA) is 89.7 Å². The Labute approximate surface area is 131 Å². The largest absolute Gasteiger partial charge is 0.573 e. The monoisotopic (exact) mass is 352 g/mol. The number of nitrogens with two attached hydrogens (primary N) is 1. The van der Waals surface area contributed by atoms with E-state index in [4.69, 9.17) is 5.73 Å². The van der Waals surface area contributed by atoms with Gasteiger partial charge in [-0.25, -0.2) is 8.42 Å². The van der Waals surface area contributed by atoms with Crippen molar-refractivity contribution >= 4 is 15.9 Å². The van der Waals surface area contributed by atoms with E-state index in [-0.39, 0.29) is 11.4 Å². The van der Waals surface area contributed by atoms with Crippen molar-refractivity contribution in [3.8, 4) is 5.75 Å². The Morgan fingerprint density at radius 1 is 1.22 bits per heavy atom. The number of primary amides is 1. The lowest BCUT2D eigenvalue weighted by atomic mass is 10.0. The number of piperidine rings is 1. The highest BCUT2D eigenvalue weighted by atomic mass is 32.2. The maximum atomic E-state index is 12.6. The third-order valence-corrected chi connectivity index (χ3v) is 5.37. The zero-order valence-electron chi connectivity index (χ0n) is 11.9. The van der Waals surface area contributed by atoms with Crippen LogP contribution in [0.5, 0.6) is 5.75 Å². The van der Waals surface area contributed by atoms with E-state index in [9.17, 15) is 26.4 Å². The molecule has 0 spiro atoms. The fraction of sp³-hybridized carbons (Fsp3) is 0.462. The number of alkyl halides is 3. The first-order valence-corrected chi connectivity index (χ1v) is 8.22. The number of amides is 1. The molecule has 1 aliphatic heterocycles. The highest BCUT2D eigenvalue weighted by Crippen LogP contribution is 2.28. The molecular formula is C13H15F3N2O4S. The number of benzene rings is 1. The van der Waals surface area contributed by atoms with Crippen LogP contribution in [-0.2, 0) is 14.8 Å². The zero-order chi connectivity index (χ0) is 17.3. The van der Waals surface area contributed by atoms with Crippen LogP contribution in [-0.4, -0.2) is 37.6 Å². The van der Waals surface area contributed by atoms with Crippen molar-refractivity contribution in [1.82, 2.24) is 4.31 Å². The van der Waals surface area contributed by atoms with Gasteiger partial charge < -0.3 is 10.5 Å². The van der Waals surface area contributed by atoms with Crippen LogP contribution in [0, 0.1) is 0 Å². The summed E-state index contributed by atoms with van der Waals surface area (Å²) in [5, 5.41) is 0. The molecule has 1 heterocycles. The first kappa shape index (κ1) is 17.5. The van der Waals surface area contributed by atoms with Crippen molar-refractivity contribution in [2.24, 2.45) is 5.73 Å². The molecule has 0 radical (unpaired) electrons. The molecule has 2 rings (SSSR count). The number of rotatable bonds is 4. The highest BCUT2D eigenvalue weighted by molar-refractivity contribution is 7.89. The summed E-state index contributed by atoms with van der Waals surface area (Å²) in [6.45, 7) is 0.136. The first-order valence-electron chi connectivity index (χ1n) is 6.78. The minimum absolute atomic E-state index is 0.136. The van der Waals surface area contributed by atoms with Gasteiger partial charge in [0.25, 0.3) is 0 Å². The van der Waals surface area contributed by atoms with Crippen molar-refractivity contribution in [2.45, 2.75) is 36.6 Å². The molecule has 1 saturated heterocycles. The van der Waals surface area contributed by atoms with Crippen LogP contribution in [0.4, 0.5) is 13.2 Å². The predicted octanol–water partition coefficient (Wildman–Crippen LogP) is 1.61. The number of hydrogen-bond donors (Lipinski definition) is 1. The molecule has 128 valence electrons. The van der Waals surface area contributed by atoms with E-state index in [1.807, 2.05) is 0 Å². The van der Waals surface area contributed by atoms with Gasteiger partial charge in [-0.1, -0.05) is 6.42 Å². The van der Waals surface area contributed by atoms with E-state index in [1.54, 1.807) is 0 Å². The average molecular weight is 352 g/mol. The minimum Gasteiger partial charge on any atom is -0.406 e. The van der Waals surface area contributed by atoms with Gasteiger partial charge in [0, 0.05) is 6.54 Å². The maximum absolute atomic E-state index is 12.6. The van der Waals surface area contributed by atoms with E-state index in [2.05, 4.69) is 4.74 Å². The van der Waals surface area contributed by atoms with Crippen LogP contribution >= 0.6 is 0 Å². The average Bonchev–Trinajstić information content (AvgIpc) is 2.46.